The molecule has 1 atom stereocenters. The Morgan fingerprint density at radius 3 is 2.30 bits per heavy atom. The zero-order chi connectivity index (χ0) is 26.3. The molecule has 0 aliphatic carbocycles. The third-order valence-corrected chi connectivity index (χ3v) is 6.18. The molecule has 5 rings (SSSR count). The Morgan fingerprint density at radius 1 is 0.946 bits per heavy atom. The van der Waals surface area contributed by atoms with Gasteiger partial charge in [-0.1, -0.05) is 6.07 Å². The van der Waals surface area contributed by atoms with Crippen LogP contribution in [0.15, 0.2) is 60.2 Å². The van der Waals surface area contributed by atoms with Crippen molar-refractivity contribution in [1.82, 2.24) is 0 Å². The highest BCUT2D eigenvalue weighted by molar-refractivity contribution is 6.51. The third kappa shape index (κ3) is 3.96. The zero-order valence-electron chi connectivity index (χ0n) is 20.1. The molecule has 2 heterocycles. The average Bonchev–Trinajstić information content (AvgIpc) is 3.49. The number of benzene rings is 3. The minimum atomic E-state index is -1.15. The summed E-state index contributed by atoms with van der Waals surface area (Å²) >= 11 is 0. The van der Waals surface area contributed by atoms with E-state index in [1.807, 2.05) is 0 Å². The molecule has 1 amide bonds. The van der Waals surface area contributed by atoms with Gasteiger partial charge in [-0.05, 0) is 54.1 Å². The van der Waals surface area contributed by atoms with Gasteiger partial charge in [0.05, 0.1) is 32.9 Å². The van der Waals surface area contributed by atoms with Gasteiger partial charge in [0.2, 0.25) is 12.5 Å². The fraction of sp³-hybridized carbons (Fsp3) is 0.185. The second-order valence-corrected chi connectivity index (χ2v) is 8.18. The van der Waals surface area contributed by atoms with Crippen LogP contribution in [0.25, 0.3) is 5.76 Å². The first-order chi connectivity index (χ1) is 17.9. The number of ether oxygens (including phenoxy) is 5. The molecule has 3 aromatic carbocycles. The van der Waals surface area contributed by atoms with E-state index in [2.05, 4.69) is 0 Å². The first kappa shape index (κ1) is 24.0. The second-order valence-electron chi connectivity index (χ2n) is 8.18. The van der Waals surface area contributed by atoms with Crippen LogP contribution in [-0.2, 0) is 9.59 Å². The van der Waals surface area contributed by atoms with Crippen molar-refractivity contribution >= 4 is 23.1 Å². The molecule has 0 aromatic heterocycles. The Hall–Kier alpha value is -4.73. The molecule has 0 bridgehead atoms. The van der Waals surface area contributed by atoms with Gasteiger partial charge in [-0.3, -0.25) is 14.5 Å². The van der Waals surface area contributed by atoms with Crippen LogP contribution in [0.5, 0.6) is 28.7 Å². The average molecular weight is 507 g/mol. The number of carbonyl (C=O) groups is 2. The van der Waals surface area contributed by atoms with Gasteiger partial charge >= 0.3 is 0 Å². The number of halogens is 1. The number of hydrogen-bond donors (Lipinski definition) is 1. The second kappa shape index (κ2) is 9.38. The van der Waals surface area contributed by atoms with E-state index in [-0.39, 0.29) is 35.1 Å². The number of fused-ring (bicyclic) bond motifs is 1. The smallest absolute Gasteiger partial charge is 0.300 e. The number of aliphatic hydroxyl groups excluding tert-OH is 1. The molecular weight excluding hydrogens is 485 g/mol. The molecule has 0 spiro atoms. The lowest BCUT2D eigenvalue weighted by atomic mass is 9.94. The molecule has 1 N–H and O–H groups in total. The number of hydrogen-bond acceptors (Lipinski definition) is 8. The Kier molecular flexibility index (Phi) is 6.08. The number of Topliss-reactive ketones (excluding diaryl/α,β-unsaturated/α-hetero) is 1. The van der Waals surface area contributed by atoms with Crippen molar-refractivity contribution < 1.29 is 42.8 Å². The number of carbonyl (C=O) groups excluding carboxylic acids is 2. The number of anilines is 1. The Labute approximate surface area is 211 Å². The van der Waals surface area contributed by atoms with Crippen LogP contribution in [0.4, 0.5) is 10.1 Å². The molecule has 1 fully saturated rings. The molecule has 2 aliphatic rings. The quantitative estimate of drug-likeness (QED) is 0.301. The van der Waals surface area contributed by atoms with Crippen LogP contribution in [0, 0.1) is 5.82 Å². The molecule has 37 heavy (non-hydrogen) atoms. The summed E-state index contributed by atoms with van der Waals surface area (Å²) in [4.78, 5) is 27.9. The highest BCUT2D eigenvalue weighted by Crippen LogP contribution is 2.47. The molecular formula is C27H22FNO8. The van der Waals surface area contributed by atoms with E-state index in [1.165, 1.54) is 45.6 Å². The molecule has 0 saturated carbocycles. The maximum atomic E-state index is 14.2. The summed E-state index contributed by atoms with van der Waals surface area (Å²) in [5.41, 5.74) is 0.521. The molecule has 190 valence electrons. The first-order valence-electron chi connectivity index (χ1n) is 11.1. The molecule has 3 aromatic rings. The van der Waals surface area contributed by atoms with Gasteiger partial charge in [-0.15, -0.1) is 0 Å². The molecule has 10 heteroatoms. The maximum Gasteiger partial charge on any atom is 0.300 e. The van der Waals surface area contributed by atoms with Crippen molar-refractivity contribution in [2.24, 2.45) is 0 Å². The summed E-state index contributed by atoms with van der Waals surface area (Å²) in [5.74, 6) is -1.22. The first-order valence-corrected chi connectivity index (χ1v) is 11.1. The van der Waals surface area contributed by atoms with Gasteiger partial charge in [0, 0.05) is 11.3 Å². The summed E-state index contributed by atoms with van der Waals surface area (Å²) in [5, 5.41) is 11.4. The lowest BCUT2D eigenvalue weighted by Gasteiger charge is -2.26. The normalized spacial score (nSPS) is 17.7. The minimum absolute atomic E-state index is 0.0228. The Morgan fingerprint density at radius 2 is 1.65 bits per heavy atom. The molecule has 1 saturated heterocycles. The summed E-state index contributed by atoms with van der Waals surface area (Å²) < 4.78 is 41.2. The van der Waals surface area contributed by atoms with Gasteiger partial charge in [-0.2, -0.15) is 0 Å². The van der Waals surface area contributed by atoms with Crippen LogP contribution in [-0.4, -0.2) is 44.9 Å². The summed E-state index contributed by atoms with van der Waals surface area (Å²) in [6.07, 6.45) is 0. The number of nitrogens with zero attached hydrogens (tertiary/aromatic N) is 1. The number of ketones is 1. The summed E-state index contributed by atoms with van der Waals surface area (Å²) in [7, 11) is 4.30. The molecule has 9 nitrogen and oxygen atoms in total. The van der Waals surface area contributed by atoms with Gasteiger partial charge in [-0.25, -0.2) is 4.39 Å². The van der Waals surface area contributed by atoms with E-state index in [1.54, 1.807) is 24.3 Å². The van der Waals surface area contributed by atoms with E-state index >= 15 is 0 Å². The van der Waals surface area contributed by atoms with Crippen molar-refractivity contribution in [3.8, 4) is 28.7 Å². The van der Waals surface area contributed by atoms with Gasteiger partial charge in [0.15, 0.2) is 23.0 Å². The van der Waals surface area contributed by atoms with Crippen molar-refractivity contribution in [1.29, 1.82) is 0 Å². The van der Waals surface area contributed by atoms with Crippen LogP contribution < -0.4 is 28.6 Å². The lowest BCUT2D eigenvalue weighted by molar-refractivity contribution is -0.132. The monoisotopic (exact) mass is 507 g/mol. The fourth-order valence-electron chi connectivity index (χ4n) is 4.50. The van der Waals surface area contributed by atoms with Crippen molar-refractivity contribution in [3.05, 3.63) is 77.1 Å². The highest BCUT2D eigenvalue weighted by atomic mass is 19.1. The standard InChI is InChI=1S/C27H22FNO8/c1-33-20-10-15(11-21(34-2)26(20)35-3)23-22(24(30)14-7-8-18-19(9-14)37-13-36-18)25(31)27(32)29(23)17-6-4-5-16(28)12-17/h4-12,23,30H,13H2,1-3H3/b24-22+. The topological polar surface area (TPSA) is 104 Å². The van der Waals surface area contributed by atoms with E-state index < -0.39 is 29.3 Å². The number of methoxy groups -OCH3 is 3. The van der Waals surface area contributed by atoms with Crippen molar-refractivity contribution in [3.63, 3.8) is 0 Å². The minimum Gasteiger partial charge on any atom is -0.507 e. The summed E-state index contributed by atoms with van der Waals surface area (Å²) in [6, 6.07) is 11.9. The SMILES string of the molecule is COc1cc(C2/C(=C(\O)c3ccc4c(c3)OCO4)C(=O)C(=O)N2c2cccc(F)c2)cc(OC)c1OC. The van der Waals surface area contributed by atoms with Crippen LogP contribution in [0.3, 0.4) is 0 Å². The maximum absolute atomic E-state index is 14.2. The van der Waals surface area contributed by atoms with Gasteiger partial charge < -0.3 is 28.8 Å². The van der Waals surface area contributed by atoms with Crippen molar-refractivity contribution in [2.45, 2.75) is 6.04 Å². The van der Waals surface area contributed by atoms with Crippen LogP contribution in [0.1, 0.15) is 17.2 Å². The Bertz CT molecular complexity index is 1430. The number of rotatable bonds is 6. The van der Waals surface area contributed by atoms with E-state index in [0.717, 1.165) is 11.0 Å². The lowest BCUT2D eigenvalue weighted by Crippen LogP contribution is -2.29. The van der Waals surface area contributed by atoms with Gasteiger partial charge in [0.1, 0.15) is 11.6 Å². The van der Waals surface area contributed by atoms with E-state index in [4.69, 9.17) is 23.7 Å². The van der Waals surface area contributed by atoms with Gasteiger partial charge in [0.25, 0.3) is 11.7 Å². The molecule has 2 aliphatic heterocycles. The van der Waals surface area contributed by atoms with Crippen LogP contribution in [0.2, 0.25) is 0 Å². The zero-order valence-corrected chi connectivity index (χ0v) is 20.1. The predicted octanol–water partition coefficient (Wildman–Crippen LogP) is 4.21. The largest absolute Gasteiger partial charge is 0.507 e. The van der Waals surface area contributed by atoms with E-state index in [0.29, 0.717) is 22.8 Å². The Balaban J connectivity index is 1.76. The summed E-state index contributed by atoms with van der Waals surface area (Å²) in [6.45, 7) is 0.0228. The van der Waals surface area contributed by atoms with Crippen molar-refractivity contribution in [2.75, 3.05) is 33.0 Å². The third-order valence-electron chi connectivity index (χ3n) is 6.18. The fourth-order valence-corrected chi connectivity index (χ4v) is 4.50. The molecule has 0 radical (unpaired) electrons. The van der Waals surface area contributed by atoms with E-state index in [9.17, 15) is 19.1 Å². The molecule has 1 unspecified atom stereocenters. The predicted molar refractivity (Wildman–Crippen MR) is 130 cm³/mol. The number of aliphatic hydroxyl groups is 1. The number of amides is 1. The highest BCUT2D eigenvalue weighted by Gasteiger charge is 2.47. The van der Waals surface area contributed by atoms with Crippen LogP contribution >= 0.6 is 0 Å².